The normalized spacial score (nSPS) is 17.2. The van der Waals surface area contributed by atoms with E-state index < -0.39 is 17.7 Å². The van der Waals surface area contributed by atoms with Crippen LogP contribution in [-0.2, 0) is 4.74 Å². The lowest BCUT2D eigenvalue weighted by atomic mass is 10.0. The predicted molar refractivity (Wildman–Crippen MR) is 59.7 cm³/mol. The summed E-state index contributed by atoms with van der Waals surface area (Å²) in [6.45, 7) is 0.619. The first-order chi connectivity index (χ1) is 8.22. The molecule has 0 spiro atoms. The molecule has 0 saturated heterocycles. The molecule has 1 aromatic rings. The van der Waals surface area contributed by atoms with Crippen LogP contribution in [0.3, 0.4) is 0 Å². The van der Waals surface area contributed by atoms with Gasteiger partial charge in [-0.05, 0) is 36.6 Å². The maximum atomic E-state index is 13.1. The first kappa shape index (κ1) is 12.0. The number of benzene rings is 1. The van der Waals surface area contributed by atoms with Crippen molar-refractivity contribution in [3.05, 3.63) is 47.2 Å². The summed E-state index contributed by atoms with van der Waals surface area (Å²) in [4.78, 5) is 0. The summed E-state index contributed by atoms with van der Waals surface area (Å²) in [6, 6.07) is 3.25. The number of rotatable bonds is 3. The predicted octanol–water partition coefficient (Wildman–Crippen LogP) is 2.16. The fourth-order valence-corrected chi connectivity index (χ4v) is 1.81. The van der Waals surface area contributed by atoms with E-state index in [0.717, 1.165) is 25.0 Å². The van der Waals surface area contributed by atoms with Crippen LogP contribution in [0.25, 0.3) is 0 Å². The van der Waals surface area contributed by atoms with Crippen LogP contribution in [0.15, 0.2) is 30.0 Å². The molecule has 2 rings (SSSR count). The standard InChI is InChI=1S/C12H14F2N2O/c13-9-5-4-8(7-10(9)14)12(16-15)11-3-1-2-6-17-11/h3-5,7,12,16H,1-2,6,15H2. The van der Waals surface area contributed by atoms with Crippen LogP contribution in [0.1, 0.15) is 24.4 Å². The van der Waals surface area contributed by atoms with E-state index in [1.807, 2.05) is 6.08 Å². The SMILES string of the molecule is NNC(C1=CCCCO1)c1ccc(F)c(F)c1. The van der Waals surface area contributed by atoms with Gasteiger partial charge in [-0.2, -0.15) is 0 Å². The van der Waals surface area contributed by atoms with Gasteiger partial charge in [-0.3, -0.25) is 5.84 Å². The maximum absolute atomic E-state index is 13.1. The Kier molecular flexibility index (Phi) is 3.71. The highest BCUT2D eigenvalue weighted by atomic mass is 19.2. The molecule has 0 bridgehead atoms. The number of nitrogens with two attached hydrogens (primary N) is 1. The highest BCUT2D eigenvalue weighted by Gasteiger charge is 2.19. The molecule has 0 fully saturated rings. The summed E-state index contributed by atoms with van der Waals surface area (Å²) in [5.41, 5.74) is 3.09. The second-order valence-electron chi connectivity index (χ2n) is 3.87. The molecule has 5 heteroatoms. The number of hydrogen-bond donors (Lipinski definition) is 2. The molecule has 1 atom stereocenters. The maximum Gasteiger partial charge on any atom is 0.159 e. The Morgan fingerprint density at radius 2 is 2.12 bits per heavy atom. The van der Waals surface area contributed by atoms with Crippen molar-refractivity contribution in [3.63, 3.8) is 0 Å². The monoisotopic (exact) mass is 240 g/mol. The summed E-state index contributed by atoms with van der Waals surface area (Å²) in [7, 11) is 0. The fourth-order valence-electron chi connectivity index (χ4n) is 1.81. The van der Waals surface area contributed by atoms with Crippen molar-refractivity contribution in [2.75, 3.05) is 6.61 Å². The van der Waals surface area contributed by atoms with Crippen molar-refractivity contribution >= 4 is 0 Å². The second-order valence-corrected chi connectivity index (χ2v) is 3.87. The van der Waals surface area contributed by atoms with Gasteiger partial charge in [-0.15, -0.1) is 0 Å². The molecule has 0 aliphatic carbocycles. The van der Waals surface area contributed by atoms with Gasteiger partial charge < -0.3 is 4.74 Å². The third-order valence-corrected chi connectivity index (χ3v) is 2.69. The van der Waals surface area contributed by atoms with Crippen molar-refractivity contribution in [2.45, 2.75) is 18.9 Å². The van der Waals surface area contributed by atoms with Gasteiger partial charge in [0, 0.05) is 0 Å². The summed E-state index contributed by atoms with van der Waals surface area (Å²) in [5, 5.41) is 0. The third-order valence-electron chi connectivity index (χ3n) is 2.69. The van der Waals surface area contributed by atoms with E-state index in [0.29, 0.717) is 17.9 Å². The van der Waals surface area contributed by atoms with E-state index >= 15 is 0 Å². The van der Waals surface area contributed by atoms with Gasteiger partial charge in [-0.1, -0.05) is 6.07 Å². The van der Waals surface area contributed by atoms with Crippen molar-refractivity contribution in [2.24, 2.45) is 5.84 Å². The molecule has 1 heterocycles. The molecule has 1 aliphatic heterocycles. The van der Waals surface area contributed by atoms with Gasteiger partial charge in [0.2, 0.25) is 0 Å². The highest BCUT2D eigenvalue weighted by molar-refractivity contribution is 5.27. The van der Waals surface area contributed by atoms with Crippen molar-refractivity contribution in [1.29, 1.82) is 0 Å². The van der Waals surface area contributed by atoms with Crippen LogP contribution in [0.4, 0.5) is 8.78 Å². The van der Waals surface area contributed by atoms with E-state index in [-0.39, 0.29) is 0 Å². The Hall–Kier alpha value is -1.46. The molecule has 0 aromatic heterocycles. The highest BCUT2D eigenvalue weighted by Crippen LogP contribution is 2.26. The molecule has 0 amide bonds. The number of hydrogen-bond acceptors (Lipinski definition) is 3. The minimum Gasteiger partial charge on any atom is -0.496 e. The van der Waals surface area contributed by atoms with Crippen LogP contribution in [0.2, 0.25) is 0 Å². The summed E-state index contributed by atoms with van der Waals surface area (Å²) in [5.74, 6) is 4.33. The number of hydrazine groups is 1. The molecule has 1 aromatic carbocycles. The van der Waals surface area contributed by atoms with Crippen LogP contribution >= 0.6 is 0 Å². The van der Waals surface area contributed by atoms with Gasteiger partial charge in [-0.25, -0.2) is 14.2 Å². The van der Waals surface area contributed by atoms with Gasteiger partial charge in [0.25, 0.3) is 0 Å². The smallest absolute Gasteiger partial charge is 0.159 e. The molecule has 17 heavy (non-hydrogen) atoms. The van der Waals surface area contributed by atoms with E-state index in [9.17, 15) is 8.78 Å². The largest absolute Gasteiger partial charge is 0.496 e. The lowest BCUT2D eigenvalue weighted by Gasteiger charge is -2.23. The Morgan fingerprint density at radius 1 is 1.29 bits per heavy atom. The van der Waals surface area contributed by atoms with Crippen molar-refractivity contribution < 1.29 is 13.5 Å². The third kappa shape index (κ3) is 2.62. The number of halogens is 2. The molecule has 92 valence electrons. The quantitative estimate of drug-likeness (QED) is 0.628. The van der Waals surface area contributed by atoms with Crippen LogP contribution in [-0.4, -0.2) is 6.61 Å². The molecule has 3 N–H and O–H groups in total. The lowest BCUT2D eigenvalue weighted by Crippen LogP contribution is -2.31. The molecule has 1 aliphatic rings. The Balaban J connectivity index is 2.28. The minimum absolute atomic E-state index is 0.439. The van der Waals surface area contributed by atoms with Crippen LogP contribution < -0.4 is 11.3 Å². The summed E-state index contributed by atoms with van der Waals surface area (Å²) < 4.78 is 31.4. The van der Waals surface area contributed by atoms with E-state index in [4.69, 9.17) is 10.6 Å². The molecule has 0 saturated carbocycles. The molecular formula is C12H14F2N2O. The Morgan fingerprint density at radius 3 is 2.71 bits per heavy atom. The summed E-state index contributed by atoms with van der Waals surface area (Å²) >= 11 is 0. The van der Waals surface area contributed by atoms with E-state index in [1.54, 1.807) is 0 Å². The van der Waals surface area contributed by atoms with Gasteiger partial charge in [0.15, 0.2) is 11.6 Å². The van der Waals surface area contributed by atoms with Crippen molar-refractivity contribution in [1.82, 2.24) is 5.43 Å². The van der Waals surface area contributed by atoms with Gasteiger partial charge >= 0.3 is 0 Å². The van der Waals surface area contributed by atoms with E-state index in [1.165, 1.54) is 6.07 Å². The second kappa shape index (κ2) is 5.25. The average Bonchev–Trinajstić information content (AvgIpc) is 2.36. The first-order valence-electron chi connectivity index (χ1n) is 5.46. The Bertz CT molecular complexity index is 435. The van der Waals surface area contributed by atoms with Crippen LogP contribution in [0.5, 0.6) is 0 Å². The Labute approximate surface area is 98.2 Å². The zero-order valence-electron chi connectivity index (χ0n) is 9.25. The van der Waals surface area contributed by atoms with Crippen LogP contribution in [0, 0.1) is 11.6 Å². The number of ether oxygens (including phenoxy) is 1. The van der Waals surface area contributed by atoms with E-state index in [2.05, 4.69) is 5.43 Å². The molecular weight excluding hydrogens is 226 g/mol. The first-order valence-corrected chi connectivity index (χ1v) is 5.46. The van der Waals surface area contributed by atoms with Gasteiger partial charge in [0.1, 0.15) is 11.8 Å². The molecule has 0 radical (unpaired) electrons. The topological polar surface area (TPSA) is 47.3 Å². The van der Waals surface area contributed by atoms with Crippen molar-refractivity contribution in [3.8, 4) is 0 Å². The average molecular weight is 240 g/mol. The van der Waals surface area contributed by atoms with Gasteiger partial charge in [0.05, 0.1) is 6.61 Å². The molecule has 3 nitrogen and oxygen atoms in total. The fraction of sp³-hybridized carbons (Fsp3) is 0.333. The number of nitrogens with one attached hydrogen (secondary N) is 1. The minimum atomic E-state index is -0.890. The summed E-state index contributed by atoms with van der Waals surface area (Å²) in [6.07, 6.45) is 3.77. The zero-order valence-corrected chi connectivity index (χ0v) is 9.25. The zero-order chi connectivity index (χ0) is 12.3. The molecule has 1 unspecified atom stereocenters. The lowest BCUT2D eigenvalue weighted by molar-refractivity contribution is 0.167. The number of allylic oxidation sites excluding steroid dienone is 1.